The highest BCUT2D eigenvalue weighted by molar-refractivity contribution is 5.32. The highest BCUT2D eigenvalue weighted by Crippen LogP contribution is 2.72. The van der Waals surface area contributed by atoms with Crippen molar-refractivity contribution in [1.29, 1.82) is 0 Å². The molecular formula is C30H52O. The first kappa shape index (κ1) is 23.8. The normalized spacial score (nSPS) is 49.1. The Kier molecular flexibility index (Phi) is 6.29. The lowest BCUT2D eigenvalue weighted by atomic mass is 9.43. The smallest absolute Gasteiger partial charge is 0.0569 e. The predicted molar refractivity (Wildman–Crippen MR) is 133 cm³/mol. The SMILES string of the molecule is CC(C)[C@@H](C)CC[C@H](C)[C@@H]1CC[C@@]2(C)[C@@H]3CC[C@H]4[C@H](C)[C@H](O)CC[C@@]4(C)C3=CC[C@@]12C. The fraction of sp³-hybridized carbons (Fsp3) is 0.933. The Bertz CT molecular complexity index is 693. The van der Waals surface area contributed by atoms with Gasteiger partial charge >= 0.3 is 0 Å². The second-order valence-electron chi connectivity index (χ2n) is 13.7. The fourth-order valence-corrected chi connectivity index (χ4v) is 9.36. The van der Waals surface area contributed by atoms with Crippen LogP contribution in [0.2, 0.25) is 0 Å². The summed E-state index contributed by atoms with van der Waals surface area (Å²) in [5.74, 6) is 5.30. The lowest BCUT2D eigenvalue weighted by Crippen LogP contribution is -2.55. The molecule has 1 nitrogen and oxygen atoms in total. The van der Waals surface area contributed by atoms with E-state index < -0.39 is 0 Å². The molecule has 0 aliphatic heterocycles. The quantitative estimate of drug-likeness (QED) is 0.437. The van der Waals surface area contributed by atoms with Gasteiger partial charge in [-0.2, -0.15) is 0 Å². The monoisotopic (exact) mass is 428 g/mol. The van der Waals surface area contributed by atoms with Crippen molar-refractivity contribution in [3.63, 3.8) is 0 Å². The van der Waals surface area contributed by atoms with Crippen molar-refractivity contribution in [2.45, 2.75) is 119 Å². The summed E-state index contributed by atoms with van der Waals surface area (Å²) in [6.45, 7) is 20.1. The van der Waals surface area contributed by atoms with E-state index in [0.29, 0.717) is 28.1 Å². The molecule has 31 heavy (non-hydrogen) atoms. The lowest BCUT2D eigenvalue weighted by Gasteiger charge is -2.62. The summed E-state index contributed by atoms with van der Waals surface area (Å²) in [4.78, 5) is 0. The van der Waals surface area contributed by atoms with Crippen LogP contribution in [0.1, 0.15) is 113 Å². The van der Waals surface area contributed by atoms with Crippen molar-refractivity contribution >= 4 is 0 Å². The molecule has 0 heterocycles. The van der Waals surface area contributed by atoms with E-state index in [2.05, 4.69) is 61.5 Å². The molecule has 4 rings (SSSR count). The largest absolute Gasteiger partial charge is 0.393 e. The summed E-state index contributed by atoms with van der Waals surface area (Å²) in [7, 11) is 0. The zero-order valence-corrected chi connectivity index (χ0v) is 22.0. The highest BCUT2D eigenvalue weighted by atomic mass is 16.3. The molecule has 0 unspecified atom stereocenters. The van der Waals surface area contributed by atoms with Gasteiger partial charge in [-0.1, -0.05) is 79.9 Å². The van der Waals surface area contributed by atoms with Gasteiger partial charge < -0.3 is 5.11 Å². The van der Waals surface area contributed by atoms with Crippen LogP contribution in [0.4, 0.5) is 0 Å². The minimum Gasteiger partial charge on any atom is -0.393 e. The minimum atomic E-state index is -0.0791. The highest BCUT2D eigenvalue weighted by Gasteiger charge is 2.64. The Morgan fingerprint density at radius 2 is 1.65 bits per heavy atom. The van der Waals surface area contributed by atoms with Gasteiger partial charge in [0.1, 0.15) is 0 Å². The van der Waals surface area contributed by atoms with Crippen molar-refractivity contribution in [3.05, 3.63) is 11.6 Å². The predicted octanol–water partition coefficient (Wildman–Crippen LogP) is 8.27. The summed E-state index contributed by atoms with van der Waals surface area (Å²) in [5.41, 5.74) is 3.09. The Labute approximate surface area is 193 Å². The van der Waals surface area contributed by atoms with Crippen LogP contribution in [-0.2, 0) is 0 Å². The molecule has 10 atom stereocenters. The van der Waals surface area contributed by atoms with E-state index in [4.69, 9.17) is 0 Å². The molecule has 0 amide bonds. The third-order valence-corrected chi connectivity index (χ3v) is 12.3. The van der Waals surface area contributed by atoms with E-state index in [1.807, 2.05) is 5.57 Å². The first-order valence-electron chi connectivity index (χ1n) is 13.8. The minimum absolute atomic E-state index is 0.0791. The van der Waals surface area contributed by atoms with E-state index in [1.54, 1.807) is 0 Å². The first-order chi connectivity index (χ1) is 14.5. The molecule has 0 aromatic heterocycles. The molecule has 0 aromatic rings. The molecule has 178 valence electrons. The molecule has 1 heteroatoms. The maximum Gasteiger partial charge on any atom is 0.0569 e. The van der Waals surface area contributed by atoms with Gasteiger partial charge in [-0.15, -0.1) is 0 Å². The third-order valence-electron chi connectivity index (χ3n) is 12.3. The van der Waals surface area contributed by atoms with Crippen LogP contribution in [0.15, 0.2) is 11.6 Å². The van der Waals surface area contributed by atoms with Gasteiger partial charge in [0.25, 0.3) is 0 Å². The second kappa shape index (κ2) is 8.18. The maximum absolute atomic E-state index is 10.6. The van der Waals surface area contributed by atoms with Gasteiger partial charge in [-0.05, 0) is 103 Å². The van der Waals surface area contributed by atoms with Gasteiger partial charge in [0.15, 0.2) is 0 Å². The molecule has 4 aliphatic rings. The topological polar surface area (TPSA) is 20.2 Å². The molecule has 0 radical (unpaired) electrons. The Hall–Kier alpha value is -0.300. The van der Waals surface area contributed by atoms with Crippen LogP contribution in [0, 0.1) is 57.7 Å². The van der Waals surface area contributed by atoms with E-state index >= 15 is 0 Å². The van der Waals surface area contributed by atoms with E-state index in [9.17, 15) is 5.11 Å². The Balaban J connectivity index is 1.58. The number of allylic oxidation sites excluding steroid dienone is 2. The number of fused-ring (bicyclic) bond motifs is 5. The first-order valence-corrected chi connectivity index (χ1v) is 13.8. The van der Waals surface area contributed by atoms with Gasteiger partial charge in [0.2, 0.25) is 0 Å². The van der Waals surface area contributed by atoms with Crippen LogP contribution in [0.5, 0.6) is 0 Å². The van der Waals surface area contributed by atoms with Crippen molar-refractivity contribution in [3.8, 4) is 0 Å². The van der Waals surface area contributed by atoms with Crippen LogP contribution >= 0.6 is 0 Å². The van der Waals surface area contributed by atoms with Gasteiger partial charge in [-0.25, -0.2) is 0 Å². The van der Waals surface area contributed by atoms with Gasteiger partial charge in [-0.3, -0.25) is 0 Å². The summed E-state index contributed by atoms with van der Waals surface area (Å²) in [6.07, 6.45) is 14.5. The molecule has 4 aliphatic carbocycles. The average molecular weight is 429 g/mol. The van der Waals surface area contributed by atoms with Crippen molar-refractivity contribution in [2.75, 3.05) is 0 Å². The summed E-state index contributed by atoms with van der Waals surface area (Å²) in [5, 5.41) is 10.6. The van der Waals surface area contributed by atoms with Crippen LogP contribution in [0.3, 0.4) is 0 Å². The zero-order chi connectivity index (χ0) is 22.8. The van der Waals surface area contributed by atoms with Crippen LogP contribution < -0.4 is 0 Å². The van der Waals surface area contributed by atoms with Gasteiger partial charge in [0, 0.05) is 0 Å². The standard InChI is InChI=1S/C30H52O/c1-19(2)20(3)9-10-21(4)23-13-17-30(8)26-12-11-24-22(5)27(31)15-16-28(24,6)25(26)14-18-29(23,30)7/h14,19-24,26-27,31H,9-13,15-18H2,1-8H3/t20-,21-,22-,23-,24-,26+,27+,28+,29-,30-/m0/s1. The van der Waals surface area contributed by atoms with Gasteiger partial charge in [0.05, 0.1) is 6.10 Å². The van der Waals surface area contributed by atoms with Crippen molar-refractivity contribution in [1.82, 2.24) is 0 Å². The lowest BCUT2D eigenvalue weighted by molar-refractivity contribution is -0.0781. The van der Waals surface area contributed by atoms with Crippen molar-refractivity contribution < 1.29 is 5.11 Å². The molecule has 0 aromatic carbocycles. The number of hydrogen-bond donors (Lipinski definition) is 1. The molecule has 3 saturated carbocycles. The average Bonchev–Trinajstić information content (AvgIpc) is 3.00. The molecule has 0 saturated heterocycles. The molecule has 1 N–H and O–H groups in total. The van der Waals surface area contributed by atoms with E-state index in [-0.39, 0.29) is 6.10 Å². The van der Waals surface area contributed by atoms with Crippen LogP contribution in [-0.4, -0.2) is 11.2 Å². The van der Waals surface area contributed by atoms with E-state index in [1.165, 1.54) is 51.4 Å². The number of aliphatic hydroxyl groups is 1. The molecular weight excluding hydrogens is 376 g/mol. The number of rotatable bonds is 5. The molecule has 0 bridgehead atoms. The number of hydrogen-bond acceptors (Lipinski definition) is 1. The van der Waals surface area contributed by atoms with E-state index in [0.717, 1.165) is 36.0 Å². The summed E-state index contributed by atoms with van der Waals surface area (Å²) < 4.78 is 0. The molecule has 0 spiro atoms. The Morgan fingerprint density at radius 3 is 2.32 bits per heavy atom. The number of aliphatic hydroxyl groups excluding tert-OH is 1. The fourth-order valence-electron chi connectivity index (χ4n) is 9.36. The maximum atomic E-state index is 10.6. The second-order valence-corrected chi connectivity index (χ2v) is 13.7. The van der Waals surface area contributed by atoms with Crippen molar-refractivity contribution in [2.24, 2.45) is 57.7 Å². The zero-order valence-electron chi connectivity index (χ0n) is 22.0. The summed E-state index contributed by atoms with van der Waals surface area (Å²) in [6, 6.07) is 0. The van der Waals surface area contributed by atoms with Crippen LogP contribution in [0.25, 0.3) is 0 Å². The third kappa shape index (κ3) is 3.50. The Morgan fingerprint density at radius 1 is 0.935 bits per heavy atom. The molecule has 3 fully saturated rings. The summed E-state index contributed by atoms with van der Waals surface area (Å²) >= 11 is 0.